The fraction of sp³-hybridized carbons (Fsp3) is 1.00. The number of hydrogen-bond donors (Lipinski definition) is 1. The first-order valence-corrected chi connectivity index (χ1v) is 7.62. The van der Waals surface area contributed by atoms with Crippen molar-refractivity contribution >= 4 is 10.1 Å². The lowest BCUT2D eigenvalue weighted by Gasteiger charge is -2.56. The van der Waals surface area contributed by atoms with Gasteiger partial charge < -0.3 is 0 Å². The van der Waals surface area contributed by atoms with Gasteiger partial charge in [0, 0.05) is 0 Å². The van der Waals surface area contributed by atoms with E-state index >= 15 is 0 Å². The van der Waals surface area contributed by atoms with Gasteiger partial charge in [0.05, 0.1) is 0 Å². The van der Waals surface area contributed by atoms with Crippen LogP contribution in [0.2, 0.25) is 0 Å². The molecule has 1 N–H and O–H groups in total. The molecule has 1 rings (SSSR count). The van der Waals surface area contributed by atoms with Gasteiger partial charge in [-0.3, -0.25) is 4.55 Å². The standard InChI is InChI=1S/C9HF17O3S/c10-1(3(13,14)7(21,22)9(24,25)26)2(11,12)5(17,18)6(19,20)8(23,4(1,15)16)30(27,28)29/h(H,27,28,29). The first-order chi connectivity index (χ1) is 12.5. The predicted octanol–water partition coefficient (Wildman–Crippen LogP) is 4.64. The third-order valence-electron chi connectivity index (χ3n) is 4.00. The smallest absolute Gasteiger partial charge is 0.283 e. The van der Waals surface area contributed by atoms with Crippen LogP contribution in [0.1, 0.15) is 0 Å². The molecule has 0 heterocycles. The maximum Gasteiger partial charge on any atom is 0.460 e. The third-order valence-corrected chi connectivity index (χ3v) is 5.22. The van der Waals surface area contributed by atoms with Gasteiger partial charge >= 0.3 is 62.5 Å². The van der Waals surface area contributed by atoms with Crippen molar-refractivity contribution in [1.82, 2.24) is 0 Å². The summed E-state index contributed by atoms with van der Waals surface area (Å²) in [5.74, 6) is -51.7. The van der Waals surface area contributed by atoms with E-state index in [1.807, 2.05) is 0 Å². The highest BCUT2D eigenvalue weighted by molar-refractivity contribution is 7.87. The van der Waals surface area contributed by atoms with Gasteiger partial charge in [-0.2, -0.15) is 74.3 Å². The summed E-state index contributed by atoms with van der Waals surface area (Å²) in [4.78, 5) is 0. The summed E-state index contributed by atoms with van der Waals surface area (Å²) in [5, 5.41) is -8.29. The first kappa shape index (κ1) is 26.8. The van der Waals surface area contributed by atoms with Crippen LogP contribution >= 0.6 is 0 Å². The van der Waals surface area contributed by atoms with Crippen molar-refractivity contribution in [2.45, 2.75) is 52.4 Å². The second-order valence-corrected chi connectivity index (χ2v) is 7.19. The van der Waals surface area contributed by atoms with Crippen molar-refractivity contribution in [3.8, 4) is 0 Å². The van der Waals surface area contributed by atoms with Crippen LogP contribution in [0, 0.1) is 0 Å². The summed E-state index contributed by atoms with van der Waals surface area (Å²) in [6.07, 6.45) is -8.05. The van der Waals surface area contributed by atoms with E-state index < -0.39 is 62.5 Å². The zero-order valence-corrected chi connectivity index (χ0v) is 13.4. The Hall–Kier alpha value is -1.28. The van der Waals surface area contributed by atoms with E-state index in [4.69, 9.17) is 4.55 Å². The second-order valence-electron chi connectivity index (χ2n) is 5.67. The van der Waals surface area contributed by atoms with E-state index in [0.29, 0.717) is 0 Å². The first-order valence-electron chi connectivity index (χ1n) is 6.18. The molecule has 0 radical (unpaired) electrons. The quantitative estimate of drug-likeness (QED) is 0.444. The van der Waals surface area contributed by atoms with Gasteiger partial charge in [0.2, 0.25) is 0 Å². The van der Waals surface area contributed by atoms with Crippen molar-refractivity contribution in [1.29, 1.82) is 0 Å². The largest absolute Gasteiger partial charge is 0.460 e. The average molecular weight is 512 g/mol. The Kier molecular flexibility index (Phi) is 5.12. The van der Waals surface area contributed by atoms with Crippen LogP contribution < -0.4 is 0 Å². The van der Waals surface area contributed by atoms with E-state index in [-0.39, 0.29) is 0 Å². The van der Waals surface area contributed by atoms with Gasteiger partial charge in [-0.05, 0) is 0 Å². The van der Waals surface area contributed by atoms with Crippen LogP contribution in [0.3, 0.4) is 0 Å². The van der Waals surface area contributed by atoms with Crippen molar-refractivity contribution in [3.05, 3.63) is 0 Å². The highest BCUT2D eigenvalue weighted by Crippen LogP contribution is 2.74. The predicted molar refractivity (Wildman–Crippen MR) is 55.0 cm³/mol. The summed E-state index contributed by atoms with van der Waals surface area (Å²) in [6.45, 7) is 0. The number of rotatable bonds is 3. The molecule has 30 heavy (non-hydrogen) atoms. The van der Waals surface area contributed by atoms with Crippen LogP contribution in [0.25, 0.3) is 0 Å². The number of alkyl halides is 17. The van der Waals surface area contributed by atoms with Crippen LogP contribution in [-0.2, 0) is 10.1 Å². The lowest BCUT2D eigenvalue weighted by Crippen LogP contribution is -2.91. The molecule has 180 valence electrons. The molecule has 1 fully saturated rings. The summed E-state index contributed by atoms with van der Waals surface area (Å²) in [5.41, 5.74) is -9.03. The third kappa shape index (κ3) is 2.25. The molecule has 2 unspecified atom stereocenters. The minimum absolute atomic E-state index is 8.05. The van der Waals surface area contributed by atoms with Gasteiger partial charge in [0.25, 0.3) is 0 Å². The molecule has 0 aromatic heterocycles. The van der Waals surface area contributed by atoms with Crippen LogP contribution in [-0.4, -0.2) is 65.4 Å². The topological polar surface area (TPSA) is 54.4 Å². The van der Waals surface area contributed by atoms with E-state index in [1.54, 1.807) is 0 Å². The Balaban J connectivity index is 4.36. The Morgan fingerprint density at radius 3 is 1.17 bits per heavy atom. The van der Waals surface area contributed by atoms with Crippen molar-refractivity contribution in [3.63, 3.8) is 0 Å². The minimum Gasteiger partial charge on any atom is -0.283 e. The van der Waals surface area contributed by atoms with Gasteiger partial charge in [-0.1, -0.05) is 0 Å². The van der Waals surface area contributed by atoms with Gasteiger partial charge in [-0.15, -0.1) is 0 Å². The molecule has 0 aromatic rings. The number of hydrogen-bond acceptors (Lipinski definition) is 2. The molecule has 2 atom stereocenters. The van der Waals surface area contributed by atoms with Crippen LogP contribution in [0.15, 0.2) is 0 Å². The molecular weight excluding hydrogens is 511 g/mol. The summed E-state index contributed by atoms with van der Waals surface area (Å²) >= 11 is 0. The molecule has 1 aliphatic carbocycles. The molecular formula is C9HF17O3S. The molecule has 0 spiro atoms. The lowest BCUT2D eigenvalue weighted by atomic mass is 9.68. The highest BCUT2D eigenvalue weighted by atomic mass is 32.2. The fourth-order valence-electron chi connectivity index (χ4n) is 2.34. The zero-order chi connectivity index (χ0) is 25.0. The van der Waals surface area contributed by atoms with Gasteiger partial charge in [0.15, 0.2) is 0 Å². The lowest BCUT2D eigenvalue weighted by molar-refractivity contribution is -0.497. The zero-order valence-electron chi connectivity index (χ0n) is 12.6. The molecule has 0 aliphatic heterocycles. The second kappa shape index (κ2) is 5.74. The summed E-state index contributed by atoms with van der Waals surface area (Å²) in [6, 6.07) is 0. The normalized spacial score (nSPS) is 33.9. The van der Waals surface area contributed by atoms with Crippen LogP contribution in [0.5, 0.6) is 0 Å². The number of halogens is 17. The molecule has 0 amide bonds. The minimum atomic E-state index is -9.03. The molecule has 3 nitrogen and oxygen atoms in total. The van der Waals surface area contributed by atoms with Gasteiger partial charge in [0.1, 0.15) is 0 Å². The van der Waals surface area contributed by atoms with Gasteiger partial charge in [-0.25, -0.2) is 8.78 Å². The van der Waals surface area contributed by atoms with E-state index in [1.165, 1.54) is 0 Å². The Labute approximate surface area is 151 Å². The Morgan fingerprint density at radius 2 is 0.900 bits per heavy atom. The molecule has 0 saturated heterocycles. The molecule has 0 aromatic carbocycles. The maximum absolute atomic E-state index is 14.1. The fourth-order valence-corrected chi connectivity index (χ4v) is 3.26. The van der Waals surface area contributed by atoms with Crippen molar-refractivity contribution in [2.75, 3.05) is 0 Å². The monoisotopic (exact) mass is 512 g/mol. The molecule has 1 saturated carbocycles. The van der Waals surface area contributed by atoms with E-state index in [2.05, 4.69) is 0 Å². The van der Waals surface area contributed by atoms with E-state index in [0.717, 1.165) is 0 Å². The summed E-state index contributed by atoms with van der Waals surface area (Å²) in [7, 11) is -8.45. The Bertz CT molecular complexity index is 828. The van der Waals surface area contributed by atoms with E-state index in [9.17, 15) is 83.1 Å². The molecule has 1 aliphatic rings. The maximum atomic E-state index is 14.1. The highest BCUT2D eigenvalue weighted by Gasteiger charge is 3.09. The van der Waals surface area contributed by atoms with Crippen molar-refractivity contribution in [2.24, 2.45) is 0 Å². The molecule has 0 bridgehead atoms. The van der Waals surface area contributed by atoms with Crippen molar-refractivity contribution < 1.29 is 87.6 Å². The van der Waals surface area contributed by atoms with Crippen LogP contribution in [0.4, 0.5) is 74.6 Å². The average Bonchev–Trinajstić information content (AvgIpc) is 2.48. The Morgan fingerprint density at radius 1 is 0.567 bits per heavy atom. The summed E-state index contributed by atoms with van der Waals surface area (Å²) < 4.78 is 254. The SMILES string of the molecule is O=S(=O)(O)C1(F)C(F)(F)C(F)(F)C(F)(F)C(F)(C(F)(F)C(F)(F)C(F)(F)F)C1(F)F. The molecule has 21 heteroatoms.